The third-order valence-corrected chi connectivity index (χ3v) is 4.26. The fourth-order valence-corrected chi connectivity index (χ4v) is 2.72. The first kappa shape index (κ1) is 18.7. The number of aryl methyl sites for hydroxylation is 1. The molecule has 0 atom stereocenters. The zero-order valence-electron chi connectivity index (χ0n) is 15.1. The van der Waals surface area contributed by atoms with Crippen LogP contribution in [0.25, 0.3) is 0 Å². The Morgan fingerprint density at radius 2 is 1.89 bits per heavy atom. The van der Waals surface area contributed by atoms with E-state index in [1.807, 2.05) is 0 Å². The lowest BCUT2D eigenvalue weighted by Crippen LogP contribution is -2.13. The maximum absolute atomic E-state index is 12.6. The first-order valence-corrected chi connectivity index (χ1v) is 8.82. The van der Waals surface area contributed by atoms with Crippen molar-refractivity contribution in [2.24, 2.45) is 0 Å². The van der Waals surface area contributed by atoms with E-state index in [1.165, 1.54) is 18.9 Å². The van der Waals surface area contributed by atoms with E-state index in [0.29, 0.717) is 28.6 Å². The van der Waals surface area contributed by atoms with Crippen LogP contribution in [0.2, 0.25) is 5.02 Å². The fraction of sp³-hybridized carbons (Fsp3) is 0.143. The Hall–Kier alpha value is -3.05. The van der Waals surface area contributed by atoms with E-state index in [4.69, 9.17) is 16.3 Å². The van der Waals surface area contributed by atoms with Gasteiger partial charge in [0.2, 0.25) is 0 Å². The van der Waals surface area contributed by atoms with Gasteiger partial charge in [0.15, 0.2) is 0 Å². The highest BCUT2D eigenvalue weighted by Crippen LogP contribution is 2.28. The smallest absolute Gasteiger partial charge is 0.257 e. The minimum atomic E-state index is -0.290. The highest BCUT2D eigenvalue weighted by atomic mass is 35.5. The Balaban J connectivity index is 1.70. The normalized spacial score (nSPS) is 10.3. The molecule has 1 aromatic heterocycles. The van der Waals surface area contributed by atoms with E-state index in [1.54, 1.807) is 30.5 Å². The summed E-state index contributed by atoms with van der Waals surface area (Å²) < 4.78 is 5.26. The largest absolute Gasteiger partial charge is 0.495 e. The molecule has 0 aliphatic heterocycles. The molecule has 2 aromatic carbocycles. The Bertz CT molecular complexity index is 942. The lowest BCUT2D eigenvalue weighted by molar-refractivity contribution is 0.102. The summed E-state index contributed by atoms with van der Waals surface area (Å²) in [6.45, 7) is 2.70. The summed E-state index contributed by atoms with van der Waals surface area (Å²) in [5.74, 6) is 0.247. The van der Waals surface area contributed by atoms with Gasteiger partial charge in [0.25, 0.3) is 5.91 Å². The van der Waals surface area contributed by atoms with Crippen molar-refractivity contribution in [2.45, 2.75) is 13.5 Å². The van der Waals surface area contributed by atoms with Gasteiger partial charge < -0.3 is 15.4 Å². The predicted molar refractivity (Wildman–Crippen MR) is 109 cm³/mol. The number of hydrogen-bond acceptors (Lipinski definition) is 4. The maximum atomic E-state index is 12.6. The zero-order valence-corrected chi connectivity index (χ0v) is 15.9. The molecule has 3 rings (SSSR count). The number of halogens is 1. The molecular formula is C21H20ClN3O2. The van der Waals surface area contributed by atoms with Gasteiger partial charge in [0.1, 0.15) is 5.75 Å². The van der Waals surface area contributed by atoms with Gasteiger partial charge >= 0.3 is 0 Å². The molecule has 1 heterocycles. The molecule has 0 aliphatic carbocycles. The number of nitrogens with zero attached hydrogens (tertiary/aromatic N) is 1. The minimum Gasteiger partial charge on any atom is -0.495 e. The van der Waals surface area contributed by atoms with Gasteiger partial charge in [-0.25, -0.2) is 0 Å². The molecule has 0 saturated carbocycles. The molecule has 2 N–H and O–H groups in total. The number of aromatic nitrogens is 1. The second-order valence-corrected chi connectivity index (χ2v) is 6.54. The number of methoxy groups -OCH3 is 1. The van der Waals surface area contributed by atoms with Crippen LogP contribution < -0.4 is 15.4 Å². The molecule has 0 radical (unpaired) electrons. The van der Waals surface area contributed by atoms with Crippen molar-refractivity contribution in [3.63, 3.8) is 0 Å². The van der Waals surface area contributed by atoms with Gasteiger partial charge in [-0.2, -0.15) is 0 Å². The van der Waals surface area contributed by atoms with E-state index in [2.05, 4.69) is 46.8 Å². The summed E-state index contributed by atoms with van der Waals surface area (Å²) in [5.41, 5.74) is 4.08. The van der Waals surface area contributed by atoms with Crippen molar-refractivity contribution in [1.29, 1.82) is 0 Å². The second kappa shape index (κ2) is 8.56. The summed E-state index contributed by atoms with van der Waals surface area (Å²) in [7, 11) is 1.54. The van der Waals surface area contributed by atoms with Crippen molar-refractivity contribution in [2.75, 3.05) is 17.7 Å². The standard InChI is InChI=1S/C21H20ClN3O2/c1-14-3-5-15(6-4-14)11-24-18-9-16(12-23-13-18)21(26)25-19-10-17(22)7-8-20(19)27-2/h3-10,12-13,24H,11H2,1-2H3,(H,25,26). The van der Waals surface area contributed by atoms with Crippen LogP contribution in [0.3, 0.4) is 0 Å². The molecule has 138 valence electrons. The van der Waals surface area contributed by atoms with Crippen molar-refractivity contribution in [1.82, 2.24) is 4.98 Å². The Kier molecular flexibility index (Phi) is 5.94. The van der Waals surface area contributed by atoms with Crippen LogP contribution >= 0.6 is 11.6 Å². The number of carbonyl (C=O) groups excluding carboxylic acids is 1. The van der Waals surface area contributed by atoms with E-state index < -0.39 is 0 Å². The van der Waals surface area contributed by atoms with Crippen molar-refractivity contribution < 1.29 is 9.53 Å². The molecule has 3 aromatic rings. The zero-order chi connectivity index (χ0) is 19.2. The van der Waals surface area contributed by atoms with Crippen LogP contribution in [0, 0.1) is 6.92 Å². The SMILES string of the molecule is COc1ccc(Cl)cc1NC(=O)c1cncc(NCc2ccc(C)cc2)c1. The van der Waals surface area contributed by atoms with E-state index >= 15 is 0 Å². The average molecular weight is 382 g/mol. The molecule has 5 nitrogen and oxygen atoms in total. The number of anilines is 2. The summed E-state index contributed by atoms with van der Waals surface area (Å²) >= 11 is 6.01. The number of benzene rings is 2. The molecule has 0 fully saturated rings. The van der Waals surface area contributed by atoms with Gasteiger partial charge in [-0.3, -0.25) is 9.78 Å². The van der Waals surface area contributed by atoms with E-state index in [0.717, 1.165) is 11.3 Å². The molecule has 27 heavy (non-hydrogen) atoms. The molecule has 0 spiro atoms. The van der Waals surface area contributed by atoms with Gasteiger partial charge in [0, 0.05) is 24.0 Å². The lowest BCUT2D eigenvalue weighted by atomic mass is 10.1. The van der Waals surface area contributed by atoms with Crippen molar-refractivity contribution in [3.05, 3.63) is 82.6 Å². The van der Waals surface area contributed by atoms with E-state index in [9.17, 15) is 4.79 Å². The number of hydrogen-bond donors (Lipinski definition) is 2. The summed E-state index contributed by atoms with van der Waals surface area (Å²) in [6, 6.07) is 15.1. The van der Waals surface area contributed by atoms with Crippen LogP contribution in [-0.4, -0.2) is 18.0 Å². The van der Waals surface area contributed by atoms with Gasteiger partial charge in [-0.15, -0.1) is 0 Å². The highest BCUT2D eigenvalue weighted by molar-refractivity contribution is 6.31. The summed E-state index contributed by atoms with van der Waals surface area (Å²) in [6.07, 6.45) is 3.20. The Morgan fingerprint density at radius 1 is 1.11 bits per heavy atom. The van der Waals surface area contributed by atoms with Crippen LogP contribution in [0.4, 0.5) is 11.4 Å². The lowest BCUT2D eigenvalue weighted by Gasteiger charge is -2.11. The van der Waals surface area contributed by atoms with Crippen LogP contribution in [-0.2, 0) is 6.54 Å². The Labute approximate surface area is 163 Å². The first-order valence-electron chi connectivity index (χ1n) is 8.44. The Morgan fingerprint density at radius 3 is 2.63 bits per heavy atom. The number of ether oxygens (including phenoxy) is 1. The number of rotatable bonds is 6. The minimum absolute atomic E-state index is 0.290. The monoisotopic (exact) mass is 381 g/mol. The number of amides is 1. The average Bonchev–Trinajstić information content (AvgIpc) is 2.68. The number of carbonyl (C=O) groups is 1. The fourth-order valence-electron chi connectivity index (χ4n) is 2.54. The third-order valence-electron chi connectivity index (χ3n) is 4.03. The van der Waals surface area contributed by atoms with Gasteiger partial charge in [-0.1, -0.05) is 41.4 Å². The van der Waals surface area contributed by atoms with E-state index in [-0.39, 0.29) is 5.91 Å². The van der Waals surface area contributed by atoms with Crippen LogP contribution in [0.5, 0.6) is 5.75 Å². The van der Waals surface area contributed by atoms with Crippen molar-refractivity contribution >= 4 is 28.9 Å². The van der Waals surface area contributed by atoms with Gasteiger partial charge in [-0.05, 0) is 36.8 Å². The van der Waals surface area contributed by atoms with Crippen LogP contribution in [0.15, 0.2) is 60.9 Å². The molecule has 1 amide bonds. The molecular weight excluding hydrogens is 362 g/mol. The predicted octanol–water partition coefficient (Wildman–Crippen LogP) is 4.92. The quantitative estimate of drug-likeness (QED) is 0.636. The summed E-state index contributed by atoms with van der Waals surface area (Å²) in [4.78, 5) is 16.7. The molecule has 0 bridgehead atoms. The molecule has 6 heteroatoms. The second-order valence-electron chi connectivity index (χ2n) is 6.10. The van der Waals surface area contributed by atoms with Gasteiger partial charge in [0.05, 0.1) is 24.0 Å². The van der Waals surface area contributed by atoms with Crippen LogP contribution in [0.1, 0.15) is 21.5 Å². The molecule has 0 saturated heterocycles. The topological polar surface area (TPSA) is 63.2 Å². The number of pyridine rings is 1. The summed E-state index contributed by atoms with van der Waals surface area (Å²) in [5, 5.41) is 6.60. The maximum Gasteiger partial charge on any atom is 0.257 e. The highest BCUT2D eigenvalue weighted by Gasteiger charge is 2.11. The first-order chi connectivity index (χ1) is 13.0. The molecule has 0 unspecified atom stereocenters. The third kappa shape index (κ3) is 4.99. The molecule has 0 aliphatic rings. The van der Waals surface area contributed by atoms with Crippen molar-refractivity contribution in [3.8, 4) is 5.75 Å². The number of nitrogens with one attached hydrogen (secondary N) is 2.